The topological polar surface area (TPSA) is 55.1 Å². The van der Waals surface area contributed by atoms with E-state index in [-0.39, 0.29) is 5.91 Å². The second-order valence-corrected chi connectivity index (χ2v) is 5.03. The van der Waals surface area contributed by atoms with E-state index in [1.165, 1.54) is 5.56 Å². The molecule has 0 heterocycles. The summed E-state index contributed by atoms with van der Waals surface area (Å²) < 4.78 is 0. The molecule has 2 rings (SSSR count). The molecule has 3 nitrogen and oxygen atoms in total. The zero-order valence-corrected chi connectivity index (χ0v) is 10.4. The molecule has 0 saturated heterocycles. The molecule has 1 saturated carbocycles. The molecule has 0 bridgehead atoms. The highest BCUT2D eigenvalue weighted by molar-refractivity contribution is 6.30. The summed E-state index contributed by atoms with van der Waals surface area (Å²) in [6, 6.07) is 8.55. The van der Waals surface area contributed by atoms with Gasteiger partial charge in [-0.05, 0) is 36.5 Å². The lowest BCUT2D eigenvalue weighted by Gasteiger charge is -2.36. The zero-order chi connectivity index (χ0) is 12.3. The fraction of sp³-hybridized carbons (Fsp3) is 0.462. The van der Waals surface area contributed by atoms with Crippen LogP contribution in [0.1, 0.15) is 30.7 Å². The third-order valence-corrected chi connectivity index (χ3v) is 3.50. The second-order valence-electron chi connectivity index (χ2n) is 4.59. The number of nitrogens with one attached hydrogen (secondary N) is 1. The molecule has 4 heteroatoms. The van der Waals surface area contributed by atoms with E-state index in [0.29, 0.717) is 24.9 Å². The van der Waals surface area contributed by atoms with Crippen LogP contribution in [0.15, 0.2) is 24.3 Å². The van der Waals surface area contributed by atoms with E-state index >= 15 is 0 Å². The van der Waals surface area contributed by atoms with Crippen molar-refractivity contribution in [2.24, 2.45) is 5.73 Å². The third kappa shape index (κ3) is 3.45. The average molecular weight is 253 g/mol. The molecule has 0 aliphatic heterocycles. The van der Waals surface area contributed by atoms with Crippen LogP contribution in [-0.2, 0) is 4.79 Å². The molecule has 1 aliphatic rings. The first-order chi connectivity index (χ1) is 8.15. The summed E-state index contributed by atoms with van der Waals surface area (Å²) in [4.78, 5) is 10.6. The maximum Gasteiger partial charge on any atom is 0.218 e. The molecule has 0 spiro atoms. The van der Waals surface area contributed by atoms with Gasteiger partial charge in [-0.25, -0.2) is 0 Å². The molecule has 0 atom stereocenters. The van der Waals surface area contributed by atoms with Crippen LogP contribution in [0.2, 0.25) is 5.02 Å². The fourth-order valence-electron chi connectivity index (χ4n) is 2.22. The predicted molar refractivity (Wildman–Crippen MR) is 69.0 cm³/mol. The molecule has 1 fully saturated rings. The first kappa shape index (κ1) is 12.4. The molecule has 1 aliphatic carbocycles. The standard InChI is InChI=1S/C13H17ClN2O/c14-11-3-1-2-9(6-11)10-7-12(8-10)16-5-4-13(15)17/h1-3,6,10,12,16H,4-5,7-8H2,(H2,15,17). The quantitative estimate of drug-likeness (QED) is 0.843. The number of carbonyl (C=O) groups is 1. The molecule has 0 aromatic heterocycles. The van der Waals surface area contributed by atoms with Crippen LogP contribution < -0.4 is 11.1 Å². The minimum absolute atomic E-state index is 0.247. The summed E-state index contributed by atoms with van der Waals surface area (Å²) in [7, 11) is 0. The van der Waals surface area contributed by atoms with Crippen molar-refractivity contribution in [1.29, 1.82) is 0 Å². The SMILES string of the molecule is NC(=O)CCNC1CC(c2cccc(Cl)c2)C1. The zero-order valence-electron chi connectivity index (χ0n) is 9.66. The highest BCUT2D eigenvalue weighted by atomic mass is 35.5. The first-order valence-corrected chi connectivity index (χ1v) is 6.30. The van der Waals surface area contributed by atoms with Gasteiger partial charge in [0.1, 0.15) is 0 Å². The molecule has 1 aromatic carbocycles. The average Bonchev–Trinajstić information content (AvgIpc) is 2.21. The number of hydrogen-bond donors (Lipinski definition) is 2. The summed E-state index contributed by atoms with van der Waals surface area (Å²) >= 11 is 5.96. The number of primary amides is 1. The normalized spacial score (nSPS) is 23.1. The lowest BCUT2D eigenvalue weighted by Crippen LogP contribution is -2.41. The lowest BCUT2D eigenvalue weighted by atomic mass is 9.76. The van der Waals surface area contributed by atoms with Gasteiger partial charge in [-0.15, -0.1) is 0 Å². The van der Waals surface area contributed by atoms with Gasteiger partial charge in [-0.2, -0.15) is 0 Å². The molecule has 0 radical (unpaired) electrons. The Bertz CT molecular complexity index is 402. The third-order valence-electron chi connectivity index (χ3n) is 3.26. The Morgan fingerprint density at radius 1 is 1.47 bits per heavy atom. The maximum atomic E-state index is 10.6. The van der Waals surface area contributed by atoms with Gasteiger partial charge in [0.2, 0.25) is 5.91 Å². The highest BCUT2D eigenvalue weighted by Crippen LogP contribution is 2.37. The number of carbonyl (C=O) groups excluding carboxylic acids is 1. The van der Waals surface area contributed by atoms with Crippen molar-refractivity contribution >= 4 is 17.5 Å². The van der Waals surface area contributed by atoms with E-state index in [1.54, 1.807) is 0 Å². The van der Waals surface area contributed by atoms with Crippen molar-refractivity contribution in [3.8, 4) is 0 Å². The van der Waals surface area contributed by atoms with Crippen LogP contribution in [-0.4, -0.2) is 18.5 Å². The van der Waals surface area contributed by atoms with Gasteiger partial charge < -0.3 is 11.1 Å². The van der Waals surface area contributed by atoms with Crippen molar-refractivity contribution in [2.45, 2.75) is 31.2 Å². The summed E-state index contributed by atoms with van der Waals surface area (Å²) in [5.74, 6) is 0.350. The molecule has 17 heavy (non-hydrogen) atoms. The van der Waals surface area contributed by atoms with Crippen LogP contribution in [0.3, 0.4) is 0 Å². The summed E-state index contributed by atoms with van der Waals surface area (Å²) in [6.45, 7) is 0.683. The molecular weight excluding hydrogens is 236 g/mol. The van der Waals surface area contributed by atoms with Crippen molar-refractivity contribution in [2.75, 3.05) is 6.54 Å². The second kappa shape index (κ2) is 5.52. The molecule has 92 valence electrons. The summed E-state index contributed by atoms with van der Waals surface area (Å²) in [6.07, 6.45) is 2.64. The van der Waals surface area contributed by atoms with Crippen LogP contribution in [0.25, 0.3) is 0 Å². The van der Waals surface area contributed by atoms with Crippen molar-refractivity contribution in [1.82, 2.24) is 5.32 Å². The maximum absolute atomic E-state index is 10.6. The van der Waals surface area contributed by atoms with E-state index < -0.39 is 0 Å². The Labute approximate surface area is 106 Å². The van der Waals surface area contributed by atoms with E-state index in [0.717, 1.165) is 17.9 Å². The molecular formula is C13H17ClN2O. The number of benzene rings is 1. The van der Waals surface area contributed by atoms with Gasteiger partial charge in [-0.1, -0.05) is 23.7 Å². The van der Waals surface area contributed by atoms with Crippen molar-refractivity contribution in [3.05, 3.63) is 34.9 Å². The number of nitrogens with two attached hydrogens (primary N) is 1. The van der Waals surface area contributed by atoms with Crippen LogP contribution in [0.4, 0.5) is 0 Å². The number of amides is 1. The number of rotatable bonds is 5. The summed E-state index contributed by atoms with van der Waals surface area (Å²) in [5.41, 5.74) is 6.39. The highest BCUT2D eigenvalue weighted by Gasteiger charge is 2.29. The number of halogens is 1. The Balaban J connectivity index is 1.73. The minimum atomic E-state index is -0.247. The van der Waals surface area contributed by atoms with Gasteiger partial charge in [-0.3, -0.25) is 4.79 Å². The minimum Gasteiger partial charge on any atom is -0.370 e. The van der Waals surface area contributed by atoms with E-state index in [9.17, 15) is 4.79 Å². The fourth-order valence-corrected chi connectivity index (χ4v) is 2.42. The number of hydrogen-bond acceptors (Lipinski definition) is 2. The van der Waals surface area contributed by atoms with Gasteiger partial charge in [0, 0.05) is 24.0 Å². The van der Waals surface area contributed by atoms with Crippen LogP contribution >= 0.6 is 11.6 Å². The van der Waals surface area contributed by atoms with Crippen LogP contribution in [0.5, 0.6) is 0 Å². The molecule has 1 amide bonds. The predicted octanol–water partition coefficient (Wildman–Crippen LogP) is 2.05. The van der Waals surface area contributed by atoms with Gasteiger partial charge in [0.25, 0.3) is 0 Å². The Kier molecular flexibility index (Phi) is 4.02. The lowest BCUT2D eigenvalue weighted by molar-refractivity contribution is -0.117. The Hall–Kier alpha value is -1.06. The Morgan fingerprint density at radius 2 is 2.24 bits per heavy atom. The largest absolute Gasteiger partial charge is 0.370 e. The van der Waals surface area contributed by atoms with Crippen molar-refractivity contribution < 1.29 is 4.79 Å². The monoisotopic (exact) mass is 252 g/mol. The summed E-state index contributed by atoms with van der Waals surface area (Å²) in [5, 5.41) is 4.13. The smallest absolute Gasteiger partial charge is 0.218 e. The van der Waals surface area contributed by atoms with Gasteiger partial charge in [0.15, 0.2) is 0 Å². The van der Waals surface area contributed by atoms with Crippen molar-refractivity contribution in [3.63, 3.8) is 0 Å². The first-order valence-electron chi connectivity index (χ1n) is 5.92. The Morgan fingerprint density at radius 3 is 2.88 bits per heavy atom. The molecule has 1 aromatic rings. The molecule has 0 unspecified atom stereocenters. The van der Waals surface area contributed by atoms with Gasteiger partial charge >= 0.3 is 0 Å². The van der Waals surface area contributed by atoms with Crippen LogP contribution in [0, 0.1) is 0 Å². The van der Waals surface area contributed by atoms with E-state index in [1.807, 2.05) is 18.2 Å². The molecule has 3 N–H and O–H groups in total. The van der Waals surface area contributed by atoms with Gasteiger partial charge in [0.05, 0.1) is 0 Å². The van der Waals surface area contributed by atoms with E-state index in [4.69, 9.17) is 17.3 Å². The van der Waals surface area contributed by atoms with E-state index in [2.05, 4.69) is 11.4 Å².